The zero-order valence-electron chi connectivity index (χ0n) is 17.2. The highest BCUT2D eigenvalue weighted by atomic mass is 32.1. The number of nitrogens with one attached hydrogen (secondary N) is 1. The maximum absolute atomic E-state index is 12.7. The molecular formula is C23H23N5O2S. The smallest absolute Gasteiger partial charge is 0.323 e. The summed E-state index contributed by atoms with van der Waals surface area (Å²) in [4.78, 5) is 23.8. The van der Waals surface area contributed by atoms with Gasteiger partial charge in [-0.25, -0.2) is 14.8 Å². The minimum absolute atomic E-state index is 0.103. The number of fused-ring (bicyclic) bond motifs is 1. The molecule has 1 aromatic carbocycles. The molecule has 0 unspecified atom stereocenters. The van der Waals surface area contributed by atoms with Crippen LogP contribution in [0.25, 0.3) is 16.8 Å². The van der Waals surface area contributed by atoms with Gasteiger partial charge in [0.25, 0.3) is 0 Å². The highest BCUT2D eigenvalue weighted by Gasteiger charge is 2.29. The van der Waals surface area contributed by atoms with Gasteiger partial charge in [0.1, 0.15) is 11.6 Å². The van der Waals surface area contributed by atoms with Crippen molar-refractivity contribution < 1.29 is 9.53 Å². The van der Waals surface area contributed by atoms with Crippen LogP contribution in [0, 0.1) is 0 Å². The van der Waals surface area contributed by atoms with Crippen LogP contribution in [0.3, 0.4) is 0 Å². The number of hydrogen-bond acceptors (Lipinski definition) is 5. The number of aromatic nitrogens is 3. The van der Waals surface area contributed by atoms with Gasteiger partial charge in [-0.15, -0.1) is 11.3 Å². The molecule has 4 aromatic rings. The van der Waals surface area contributed by atoms with Gasteiger partial charge in [-0.3, -0.25) is 5.32 Å². The zero-order valence-corrected chi connectivity index (χ0v) is 18.0. The van der Waals surface area contributed by atoms with E-state index in [0.29, 0.717) is 11.7 Å². The average molecular weight is 434 g/mol. The number of amides is 2. The fourth-order valence-electron chi connectivity index (χ4n) is 4.16. The Morgan fingerprint density at radius 3 is 3.03 bits per heavy atom. The van der Waals surface area contributed by atoms with Crippen LogP contribution >= 0.6 is 11.3 Å². The number of nitrogens with zero attached hydrogens (tertiary/aromatic N) is 4. The van der Waals surface area contributed by atoms with Gasteiger partial charge in [-0.05, 0) is 37.1 Å². The number of ether oxygens (including phenoxy) is 1. The van der Waals surface area contributed by atoms with Gasteiger partial charge in [-0.2, -0.15) is 0 Å². The molecule has 31 heavy (non-hydrogen) atoms. The number of rotatable bonds is 4. The number of anilines is 1. The molecule has 1 atom stereocenters. The second kappa shape index (κ2) is 8.39. The van der Waals surface area contributed by atoms with E-state index < -0.39 is 0 Å². The fraction of sp³-hybridized carbons (Fsp3) is 0.261. The van der Waals surface area contributed by atoms with Gasteiger partial charge >= 0.3 is 6.03 Å². The second-order valence-electron chi connectivity index (χ2n) is 7.56. The summed E-state index contributed by atoms with van der Waals surface area (Å²) in [6, 6.07) is 14.0. The van der Waals surface area contributed by atoms with Crippen LogP contribution in [-0.2, 0) is 0 Å². The lowest BCUT2D eigenvalue weighted by atomic mass is 9.97. The first-order valence-corrected chi connectivity index (χ1v) is 11.2. The van der Waals surface area contributed by atoms with E-state index in [-0.39, 0.29) is 11.9 Å². The van der Waals surface area contributed by atoms with Crippen molar-refractivity contribution in [3.05, 3.63) is 66.1 Å². The van der Waals surface area contributed by atoms with Crippen LogP contribution in [0.2, 0.25) is 0 Å². The van der Waals surface area contributed by atoms with E-state index in [1.165, 1.54) is 11.3 Å². The monoisotopic (exact) mass is 433 g/mol. The van der Waals surface area contributed by atoms with Gasteiger partial charge in [0.05, 0.1) is 18.3 Å². The number of pyridine rings is 1. The minimum atomic E-state index is -0.103. The van der Waals surface area contributed by atoms with Crippen molar-refractivity contribution >= 4 is 28.0 Å². The Balaban J connectivity index is 1.46. The maximum atomic E-state index is 12.7. The van der Waals surface area contributed by atoms with E-state index >= 15 is 0 Å². The molecule has 0 radical (unpaired) electrons. The molecule has 1 fully saturated rings. The summed E-state index contributed by atoms with van der Waals surface area (Å²) in [5, 5.41) is 5.37. The Bertz CT molecular complexity index is 1200. The first-order valence-electron chi connectivity index (χ1n) is 10.3. The van der Waals surface area contributed by atoms with Crippen LogP contribution < -0.4 is 10.1 Å². The van der Waals surface area contributed by atoms with E-state index in [0.717, 1.165) is 47.7 Å². The number of piperidine rings is 1. The molecule has 1 N–H and O–H groups in total. The van der Waals surface area contributed by atoms with Gasteiger partial charge in [0.15, 0.2) is 5.13 Å². The molecule has 0 bridgehead atoms. The summed E-state index contributed by atoms with van der Waals surface area (Å²) in [5.74, 6) is 1.95. The lowest BCUT2D eigenvalue weighted by molar-refractivity contribution is 0.191. The number of urea groups is 1. The summed E-state index contributed by atoms with van der Waals surface area (Å²) < 4.78 is 7.56. The molecule has 158 valence electrons. The molecule has 1 saturated heterocycles. The summed E-state index contributed by atoms with van der Waals surface area (Å²) in [7, 11) is 1.67. The van der Waals surface area contributed by atoms with E-state index in [1.807, 2.05) is 40.6 Å². The SMILES string of the molecule is COc1cccc(-c2nc([C@@H]3CCCN(C(=O)Nc4nccs4)C3)n3ccccc23)c1. The van der Waals surface area contributed by atoms with Crippen LogP contribution in [0.15, 0.2) is 60.2 Å². The summed E-state index contributed by atoms with van der Waals surface area (Å²) in [6.07, 6.45) is 5.67. The normalized spacial score (nSPS) is 16.4. The van der Waals surface area contributed by atoms with Crippen molar-refractivity contribution in [1.29, 1.82) is 0 Å². The highest BCUT2D eigenvalue weighted by molar-refractivity contribution is 7.13. The second-order valence-corrected chi connectivity index (χ2v) is 8.45. The quantitative estimate of drug-likeness (QED) is 0.498. The first kappa shape index (κ1) is 19.6. The zero-order chi connectivity index (χ0) is 21.2. The first-order chi connectivity index (χ1) is 15.2. The van der Waals surface area contributed by atoms with Gasteiger partial charge in [0.2, 0.25) is 0 Å². The highest BCUT2D eigenvalue weighted by Crippen LogP contribution is 2.33. The average Bonchev–Trinajstić information content (AvgIpc) is 3.47. The van der Waals surface area contributed by atoms with Crippen molar-refractivity contribution in [1.82, 2.24) is 19.3 Å². The Kier molecular flexibility index (Phi) is 5.30. The predicted molar refractivity (Wildman–Crippen MR) is 122 cm³/mol. The molecule has 8 heteroatoms. The molecule has 1 aliphatic rings. The number of likely N-dealkylation sites (tertiary alicyclic amines) is 1. The number of imidazole rings is 1. The number of benzene rings is 1. The van der Waals surface area contributed by atoms with E-state index in [9.17, 15) is 4.79 Å². The molecule has 4 heterocycles. The predicted octanol–water partition coefficient (Wildman–Crippen LogP) is 4.88. The standard InChI is InChI=1S/C23H23N5O2S/c1-30-18-8-4-6-16(14-18)20-19-9-2-3-12-28(19)21(25-20)17-7-5-11-27(15-17)23(29)26-22-24-10-13-31-22/h2-4,6,8-10,12-14,17H,5,7,11,15H2,1H3,(H,24,26,29)/t17-/m1/s1. The third-order valence-electron chi connectivity index (χ3n) is 5.64. The number of carbonyl (C=O) groups is 1. The number of thiazole rings is 1. The van der Waals surface area contributed by atoms with Crippen LogP contribution in [-0.4, -0.2) is 45.5 Å². The topological polar surface area (TPSA) is 71.8 Å². The molecule has 5 rings (SSSR count). The van der Waals surface area contributed by atoms with Crippen molar-refractivity contribution in [3.8, 4) is 17.0 Å². The van der Waals surface area contributed by atoms with Crippen molar-refractivity contribution in [2.75, 3.05) is 25.5 Å². The molecule has 2 amide bonds. The van der Waals surface area contributed by atoms with Gasteiger partial charge < -0.3 is 14.0 Å². The summed E-state index contributed by atoms with van der Waals surface area (Å²) in [5.41, 5.74) is 3.00. The van der Waals surface area contributed by atoms with E-state index in [1.54, 1.807) is 13.3 Å². The van der Waals surface area contributed by atoms with E-state index in [4.69, 9.17) is 9.72 Å². The third-order valence-corrected chi connectivity index (χ3v) is 6.33. The van der Waals surface area contributed by atoms with Crippen LogP contribution in [0.1, 0.15) is 24.6 Å². The van der Waals surface area contributed by atoms with Gasteiger partial charge in [-0.1, -0.05) is 18.2 Å². The van der Waals surface area contributed by atoms with Crippen LogP contribution in [0.5, 0.6) is 5.75 Å². The minimum Gasteiger partial charge on any atom is -0.497 e. The molecule has 7 nitrogen and oxygen atoms in total. The maximum Gasteiger partial charge on any atom is 0.323 e. The molecular weight excluding hydrogens is 410 g/mol. The van der Waals surface area contributed by atoms with Crippen molar-refractivity contribution in [2.24, 2.45) is 0 Å². The fourth-order valence-corrected chi connectivity index (χ4v) is 4.68. The molecule has 0 spiro atoms. The molecule has 3 aromatic heterocycles. The summed E-state index contributed by atoms with van der Waals surface area (Å²) in [6.45, 7) is 1.36. The number of carbonyl (C=O) groups excluding carboxylic acids is 1. The largest absolute Gasteiger partial charge is 0.497 e. The Labute approximate surface area is 184 Å². The molecule has 0 aliphatic carbocycles. The van der Waals surface area contributed by atoms with E-state index in [2.05, 4.69) is 33.0 Å². The molecule has 1 aliphatic heterocycles. The Morgan fingerprint density at radius 1 is 1.26 bits per heavy atom. The number of methoxy groups -OCH3 is 1. The lowest BCUT2D eigenvalue weighted by Gasteiger charge is -2.32. The van der Waals surface area contributed by atoms with Gasteiger partial charge in [0, 0.05) is 42.3 Å². The Morgan fingerprint density at radius 2 is 2.19 bits per heavy atom. The van der Waals surface area contributed by atoms with Crippen molar-refractivity contribution in [3.63, 3.8) is 0 Å². The summed E-state index contributed by atoms with van der Waals surface area (Å²) >= 11 is 1.42. The van der Waals surface area contributed by atoms with Crippen molar-refractivity contribution in [2.45, 2.75) is 18.8 Å². The molecule has 0 saturated carbocycles. The Hall–Kier alpha value is -3.39. The lowest BCUT2D eigenvalue weighted by Crippen LogP contribution is -2.42. The third kappa shape index (κ3) is 3.86. The number of hydrogen-bond donors (Lipinski definition) is 1. The van der Waals surface area contributed by atoms with Crippen LogP contribution in [0.4, 0.5) is 9.93 Å².